The molecule has 0 bridgehead atoms. The SMILES string of the molecule is CCOCCn1c(-c2cccc3c2N[C@H](C)CC(=O)N3)cc2ccccc21. The van der Waals surface area contributed by atoms with Gasteiger partial charge in [-0.05, 0) is 32.0 Å². The van der Waals surface area contributed by atoms with Crippen molar-refractivity contribution in [3.8, 4) is 11.3 Å². The fraction of sp³-hybridized carbons (Fsp3) is 0.318. The fourth-order valence-electron chi connectivity index (χ4n) is 3.78. The fourth-order valence-corrected chi connectivity index (χ4v) is 3.78. The van der Waals surface area contributed by atoms with E-state index in [2.05, 4.69) is 51.6 Å². The Bertz CT molecular complexity index is 977. The van der Waals surface area contributed by atoms with Gasteiger partial charge in [0.25, 0.3) is 0 Å². The number of nitrogens with zero attached hydrogens (tertiary/aromatic N) is 1. The Hall–Kier alpha value is -2.79. The Morgan fingerprint density at radius 3 is 2.89 bits per heavy atom. The summed E-state index contributed by atoms with van der Waals surface area (Å²) in [5.41, 5.74) is 5.23. The lowest BCUT2D eigenvalue weighted by Crippen LogP contribution is -2.19. The Morgan fingerprint density at radius 1 is 1.19 bits per heavy atom. The number of rotatable bonds is 5. The van der Waals surface area contributed by atoms with Gasteiger partial charge in [-0.3, -0.25) is 4.79 Å². The number of hydrogen-bond donors (Lipinski definition) is 2. The molecule has 27 heavy (non-hydrogen) atoms. The largest absolute Gasteiger partial charge is 0.380 e. The molecule has 2 aromatic carbocycles. The number of para-hydroxylation sites is 2. The molecule has 0 spiro atoms. The van der Waals surface area contributed by atoms with E-state index in [9.17, 15) is 4.79 Å². The molecule has 0 saturated heterocycles. The van der Waals surface area contributed by atoms with Gasteiger partial charge < -0.3 is 19.9 Å². The lowest BCUT2D eigenvalue weighted by Gasteiger charge is -2.18. The molecule has 0 radical (unpaired) electrons. The molecular weight excluding hydrogens is 338 g/mol. The minimum Gasteiger partial charge on any atom is -0.380 e. The van der Waals surface area contributed by atoms with Crippen LogP contribution in [0.1, 0.15) is 20.3 Å². The number of carbonyl (C=O) groups excluding carboxylic acids is 1. The van der Waals surface area contributed by atoms with Gasteiger partial charge in [0, 0.05) is 42.1 Å². The van der Waals surface area contributed by atoms with E-state index in [0.717, 1.165) is 29.2 Å². The number of nitrogens with one attached hydrogen (secondary N) is 2. The van der Waals surface area contributed by atoms with E-state index in [-0.39, 0.29) is 11.9 Å². The molecule has 1 aliphatic rings. The van der Waals surface area contributed by atoms with Crippen LogP contribution >= 0.6 is 0 Å². The zero-order chi connectivity index (χ0) is 18.8. The zero-order valence-corrected chi connectivity index (χ0v) is 15.8. The van der Waals surface area contributed by atoms with Gasteiger partial charge in [0.2, 0.25) is 5.91 Å². The van der Waals surface area contributed by atoms with Gasteiger partial charge in [0.1, 0.15) is 0 Å². The van der Waals surface area contributed by atoms with Crippen LogP contribution in [0.25, 0.3) is 22.2 Å². The van der Waals surface area contributed by atoms with E-state index in [0.29, 0.717) is 19.6 Å². The number of benzene rings is 2. The van der Waals surface area contributed by atoms with E-state index in [1.165, 1.54) is 10.9 Å². The highest BCUT2D eigenvalue weighted by molar-refractivity contribution is 6.01. The molecule has 1 atom stereocenters. The number of anilines is 2. The van der Waals surface area contributed by atoms with Crippen LogP contribution in [-0.4, -0.2) is 29.7 Å². The molecule has 1 aliphatic heterocycles. The first-order valence-corrected chi connectivity index (χ1v) is 9.53. The molecule has 1 aromatic heterocycles. The van der Waals surface area contributed by atoms with Crippen molar-refractivity contribution in [1.82, 2.24) is 4.57 Å². The van der Waals surface area contributed by atoms with E-state index < -0.39 is 0 Å². The highest BCUT2D eigenvalue weighted by Crippen LogP contribution is 2.39. The first kappa shape index (κ1) is 17.6. The molecular formula is C22H25N3O2. The number of amides is 1. The number of hydrogen-bond acceptors (Lipinski definition) is 3. The monoisotopic (exact) mass is 363 g/mol. The third kappa shape index (κ3) is 3.43. The van der Waals surface area contributed by atoms with E-state index in [1.807, 2.05) is 26.0 Å². The Labute approximate surface area is 159 Å². The van der Waals surface area contributed by atoms with Crippen LogP contribution in [0.4, 0.5) is 11.4 Å². The zero-order valence-electron chi connectivity index (χ0n) is 15.8. The third-order valence-electron chi connectivity index (χ3n) is 4.97. The highest BCUT2D eigenvalue weighted by atomic mass is 16.5. The molecule has 3 aromatic rings. The molecule has 5 heteroatoms. The lowest BCUT2D eigenvalue weighted by atomic mass is 10.1. The van der Waals surface area contributed by atoms with Crippen molar-refractivity contribution < 1.29 is 9.53 Å². The summed E-state index contributed by atoms with van der Waals surface area (Å²) in [7, 11) is 0. The molecule has 1 amide bonds. The highest BCUT2D eigenvalue weighted by Gasteiger charge is 2.22. The summed E-state index contributed by atoms with van der Waals surface area (Å²) in [4.78, 5) is 12.1. The second-order valence-electron chi connectivity index (χ2n) is 6.96. The Balaban J connectivity index is 1.86. The van der Waals surface area contributed by atoms with Crippen LogP contribution < -0.4 is 10.6 Å². The Morgan fingerprint density at radius 2 is 2.04 bits per heavy atom. The predicted molar refractivity (Wildman–Crippen MR) is 110 cm³/mol. The maximum Gasteiger partial charge on any atom is 0.226 e. The lowest BCUT2D eigenvalue weighted by molar-refractivity contribution is -0.116. The summed E-state index contributed by atoms with van der Waals surface area (Å²) >= 11 is 0. The van der Waals surface area contributed by atoms with Crippen molar-refractivity contribution in [2.24, 2.45) is 0 Å². The second kappa shape index (κ2) is 7.45. The first-order chi connectivity index (χ1) is 13.2. The van der Waals surface area contributed by atoms with E-state index in [1.54, 1.807) is 0 Å². The van der Waals surface area contributed by atoms with Gasteiger partial charge in [-0.2, -0.15) is 0 Å². The minimum absolute atomic E-state index is 0.0442. The van der Waals surface area contributed by atoms with Crippen LogP contribution in [0.3, 0.4) is 0 Å². The van der Waals surface area contributed by atoms with Gasteiger partial charge in [-0.15, -0.1) is 0 Å². The second-order valence-corrected chi connectivity index (χ2v) is 6.96. The standard InChI is InChI=1S/C22H25N3O2/c1-3-27-12-11-25-19-10-5-4-7-16(19)14-20(25)17-8-6-9-18-22(17)23-15(2)13-21(26)24-18/h4-10,14-15,23H,3,11-13H2,1-2H3,(H,24,26)/t15-/m1/s1. The van der Waals surface area contributed by atoms with Crippen LogP contribution in [0.5, 0.6) is 0 Å². The smallest absolute Gasteiger partial charge is 0.226 e. The summed E-state index contributed by atoms with van der Waals surface area (Å²) in [5, 5.41) is 7.77. The van der Waals surface area contributed by atoms with Crippen LogP contribution in [0.2, 0.25) is 0 Å². The van der Waals surface area contributed by atoms with Crippen molar-refractivity contribution in [2.75, 3.05) is 23.8 Å². The normalized spacial score (nSPS) is 16.5. The predicted octanol–water partition coefficient (Wildman–Crippen LogP) is 4.49. The first-order valence-electron chi connectivity index (χ1n) is 9.53. The number of aromatic nitrogens is 1. The van der Waals surface area contributed by atoms with Gasteiger partial charge in [0.05, 0.1) is 23.7 Å². The van der Waals surface area contributed by atoms with E-state index >= 15 is 0 Å². The van der Waals surface area contributed by atoms with E-state index in [4.69, 9.17) is 4.74 Å². The maximum atomic E-state index is 12.1. The molecule has 2 heterocycles. The summed E-state index contributed by atoms with van der Waals surface area (Å²) in [6.45, 7) is 6.20. The molecule has 140 valence electrons. The maximum absolute atomic E-state index is 12.1. The third-order valence-corrected chi connectivity index (χ3v) is 4.97. The number of fused-ring (bicyclic) bond motifs is 2. The van der Waals surface area contributed by atoms with Gasteiger partial charge in [-0.1, -0.05) is 30.3 Å². The summed E-state index contributed by atoms with van der Waals surface area (Å²) in [6, 6.07) is 16.8. The van der Waals surface area contributed by atoms with Crippen molar-refractivity contribution in [3.05, 3.63) is 48.5 Å². The molecule has 0 fully saturated rings. The van der Waals surface area contributed by atoms with Crippen molar-refractivity contribution in [1.29, 1.82) is 0 Å². The average molecular weight is 363 g/mol. The van der Waals surface area contributed by atoms with Crippen LogP contribution in [0, 0.1) is 0 Å². The van der Waals surface area contributed by atoms with Crippen LogP contribution in [-0.2, 0) is 16.1 Å². The van der Waals surface area contributed by atoms with Crippen molar-refractivity contribution in [3.63, 3.8) is 0 Å². The van der Waals surface area contributed by atoms with Gasteiger partial charge in [0.15, 0.2) is 0 Å². The molecule has 2 N–H and O–H groups in total. The van der Waals surface area contributed by atoms with Crippen LogP contribution in [0.15, 0.2) is 48.5 Å². The number of carbonyl (C=O) groups is 1. The average Bonchev–Trinajstić information content (AvgIpc) is 2.93. The molecule has 5 nitrogen and oxygen atoms in total. The Kier molecular flexibility index (Phi) is 4.86. The topological polar surface area (TPSA) is 55.3 Å². The van der Waals surface area contributed by atoms with Gasteiger partial charge in [-0.25, -0.2) is 0 Å². The molecule has 4 rings (SSSR count). The minimum atomic E-state index is 0.0442. The molecule has 0 aliphatic carbocycles. The quantitative estimate of drug-likeness (QED) is 0.657. The summed E-state index contributed by atoms with van der Waals surface area (Å²) in [5.74, 6) is 0.0442. The molecule has 0 unspecified atom stereocenters. The van der Waals surface area contributed by atoms with Crippen molar-refractivity contribution >= 4 is 28.2 Å². The number of ether oxygens (including phenoxy) is 1. The summed E-state index contributed by atoms with van der Waals surface area (Å²) in [6.07, 6.45) is 0.460. The molecule has 0 saturated carbocycles. The van der Waals surface area contributed by atoms with Gasteiger partial charge >= 0.3 is 0 Å². The van der Waals surface area contributed by atoms with Crippen molar-refractivity contribution in [2.45, 2.75) is 32.9 Å². The summed E-state index contributed by atoms with van der Waals surface area (Å²) < 4.78 is 7.92.